The van der Waals surface area contributed by atoms with Gasteiger partial charge in [-0.15, -0.1) is 0 Å². The van der Waals surface area contributed by atoms with Gasteiger partial charge in [0, 0.05) is 5.69 Å². The fourth-order valence-corrected chi connectivity index (χ4v) is 1.81. The smallest absolute Gasteiger partial charge is 0.194 e. The molecule has 2 aromatic carbocycles. The first-order valence-electron chi connectivity index (χ1n) is 5.56. The number of anilines is 1. The summed E-state index contributed by atoms with van der Waals surface area (Å²) in [5.41, 5.74) is 8.17. The molecule has 0 atom stereocenters. The van der Waals surface area contributed by atoms with Gasteiger partial charge in [-0.25, -0.2) is 13.2 Å². The molecule has 0 saturated carbocycles. The minimum Gasteiger partial charge on any atom is -0.399 e. The van der Waals surface area contributed by atoms with E-state index in [1.54, 1.807) is 18.2 Å². The maximum absolute atomic E-state index is 13.1. The maximum Gasteiger partial charge on any atom is 0.194 e. The van der Waals surface area contributed by atoms with E-state index in [2.05, 4.69) is 0 Å². The molecule has 0 bridgehead atoms. The van der Waals surface area contributed by atoms with E-state index in [0.717, 1.165) is 17.7 Å². The van der Waals surface area contributed by atoms with E-state index in [1.165, 1.54) is 0 Å². The molecule has 0 aliphatic rings. The van der Waals surface area contributed by atoms with E-state index in [-0.39, 0.29) is 0 Å². The van der Waals surface area contributed by atoms with E-state index in [1.807, 2.05) is 6.92 Å². The Morgan fingerprint density at radius 1 is 0.944 bits per heavy atom. The van der Waals surface area contributed by atoms with Crippen LogP contribution in [0.2, 0.25) is 0 Å². The molecule has 0 aliphatic carbocycles. The first kappa shape index (κ1) is 12.5. The van der Waals surface area contributed by atoms with Crippen molar-refractivity contribution in [1.29, 1.82) is 0 Å². The highest BCUT2D eigenvalue weighted by Crippen LogP contribution is 2.26. The van der Waals surface area contributed by atoms with Crippen molar-refractivity contribution in [1.82, 2.24) is 0 Å². The van der Waals surface area contributed by atoms with Crippen LogP contribution in [0.3, 0.4) is 0 Å². The van der Waals surface area contributed by atoms with Crippen LogP contribution in [0.1, 0.15) is 12.5 Å². The molecular weight excluding hydrogens is 239 g/mol. The highest BCUT2D eigenvalue weighted by atomic mass is 19.2. The number of hydrogen-bond acceptors (Lipinski definition) is 1. The molecule has 18 heavy (non-hydrogen) atoms. The second-order valence-corrected chi connectivity index (χ2v) is 4.02. The third kappa shape index (κ3) is 2.18. The van der Waals surface area contributed by atoms with Crippen LogP contribution in [0.4, 0.5) is 18.9 Å². The van der Waals surface area contributed by atoms with Crippen molar-refractivity contribution in [3.8, 4) is 11.1 Å². The fraction of sp³-hybridized carbons (Fsp3) is 0.143. The Morgan fingerprint density at radius 2 is 1.56 bits per heavy atom. The zero-order chi connectivity index (χ0) is 13.3. The van der Waals surface area contributed by atoms with E-state index < -0.39 is 17.5 Å². The number of hydrogen-bond donors (Lipinski definition) is 1. The van der Waals surface area contributed by atoms with Gasteiger partial charge in [-0.1, -0.05) is 13.0 Å². The number of rotatable bonds is 2. The summed E-state index contributed by atoms with van der Waals surface area (Å²) in [6, 6.07) is 7.03. The second-order valence-electron chi connectivity index (χ2n) is 4.02. The summed E-state index contributed by atoms with van der Waals surface area (Å²) < 4.78 is 39.2. The Morgan fingerprint density at radius 3 is 2.11 bits per heavy atom. The van der Waals surface area contributed by atoms with Crippen molar-refractivity contribution in [3.05, 3.63) is 53.3 Å². The highest BCUT2D eigenvalue weighted by Gasteiger charge is 2.12. The van der Waals surface area contributed by atoms with Crippen molar-refractivity contribution in [2.75, 3.05) is 5.73 Å². The molecule has 2 aromatic rings. The largest absolute Gasteiger partial charge is 0.399 e. The molecule has 0 aliphatic heterocycles. The van der Waals surface area contributed by atoms with Crippen molar-refractivity contribution in [2.24, 2.45) is 0 Å². The molecule has 2 N–H and O–H groups in total. The van der Waals surface area contributed by atoms with Gasteiger partial charge in [-0.2, -0.15) is 0 Å². The van der Waals surface area contributed by atoms with E-state index in [0.29, 0.717) is 23.2 Å². The normalized spacial score (nSPS) is 10.7. The first-order chi connectivity index (χ1) is 8.52. The fourth-order valence-electron chi connectivity index (χ4n) is 1.81. The quantitative estimate of drug-likeness (QED) is 0.635. The molecule has 4 heteroatoms. The Hall–Kier alpha value is -1.97. The first-order valence-corrected chi connectivity index (χ1v) is 5.56. The van der Waals surface area contributed by atoms with Gasteiger partial charge in [-0.05, 0) is 47.4 Å². The van der Waals surface area contributed by atoms with Crippen LogP contribution < -0.4 is 5.73 Å². The van der Waals surface area contributed by atoms with Crippen LogP contribution in [-0.4, -0.2) is 0 Å². The van der Waals surface area contributed by atoms with Crippen molar-refractivity contribution in [2.45, 2.75) is 13.3 Å². The zero-order valence-electron chi connectivity index (χ0n) is 9.81. The van der Waals surface area contributed by atoms with E-state index in [4.69, 9.17) is 5.73 Å². The lowest BCUT2D eigenvalue weighted by Crippen LogP contribution is -1.95. The summed E-state index contributed by atoms with van der Waals surface area (Å²) in [5, 5.41) is 0. The van der Waals surface area contributed by atoms with Crippen LogP contribution in [0, 0.1) is 17.5 Å². The molecule has 0 unspecified atom stereocenters. The Labute approximate surface area is 103 Å². The third-order valence-electron chi connectivity index (χ3n) is 2.84. The second kappa shape index (κ2) is 4.72. The number of nitrogen functional groups attached to an aromatic ring is 1. The van der Waals surface area contributed by atoms with Gasteiger partial charge in [0.25, 0.3) is 0 Å². The number of nitrogens with two attached hydrogens (primary N) is 1. The lowest BCUT2D eigenvalue weighted by molar-refractivity contribution is 0.448. The molecule has 2 rings (SSSR count). The Balaban J connectivity index is 2.55. The Bertz CT molecular complexity index is 571. The predicted octanol–water partition coefficient (Wildman–Crippen LogP) is 3.92. The number of halogens is 3. The topological polar surface area (TPSA) is 26.0 Å². The summed E-state index contributed by atoms with van der Waals surface area (Å²) in [4.78, 5) is 0. The predicted molar refractivity (Wildman–Crippen MR) is 65.5 cm³/mol. The summed E-state index contributed by atoms with van der Waals surface area (Å²) in [7, 11) is 0. The van der Waals surface area contributed by atoms with Gasteiger partial charge in [-0.3, -0.25) is 0 Å². The van der Waals surface area contributed by atoms with Gasteiger partial charge in [0.1, 0.15) is 0 Å². The zero-order valence-corrected chi connectivity index (χ0v) is 9.81. The minimum atomic E-state index is -1.45. The van der Waals surface area contributed by atoms with Gasteiger partial charge in [0.15, 0.2) is 17.5 Å². The highest BCUT2D eigenvalue weighted by molar-refractivity contribution is 5.68. The summed E-state index contributed by atoms with van der Waals surface area (Å²) in [6.07, 6.45) is 0.714. The van der Waals surface area contributed by atoms with Gasteiger partial charge in [0.05, 0.1) is 0 Å². The van der Waals surface area contributed by atoms with Gasteiger partial charge < -0.3 is 5.73 Å². The summed E-state index contributed by atoms with van der Waals surface area (Å²) >= 11 is 0. The molecule has 0 aromatic heterocycles. The third-order valence-corrected chi connectivity index (χ3v) is 2.84. The number of benzene rings is 2. The standard InChI is InChI=1S/C14H12F3N/c1-2-8-5-9(3-4-13(8)18)10-6-11(15)14(17)12(16)7-10/h3-7H,2,18H2,1H3. The molecule has 0 amide bonds. The van der Waals surface area contributed by atoms with Crippen LogP contribution in [0.5, 0.6) is 0 Å². The molecule has 0 saturated heterocycles. The van der Waals surface area contributed by atoms with Gasteiger partial charge in [0.2, 0.25) is 0 Å². The molecule has 0 radical (unpaired) electrons. The average molecular weight is 251 g/mol. The van der Waals surface area contributed by atoms with Crippen LogP contribution >= 0.6 is 0 Å². The maximum atomic E-state index is 13.1. The van der Waals surface area contributed by atoms with Crippen LogP contribution in [0.15, 0.2) is 30.3 Å². The lowest BCUT2D eigenvalue weighted by atomic mass is 10.0. The lowest BCUT2D eigenvalue weighted by Gasteiger charge is -2.08. The van der Waals surface area contributed by atoms with E-state index >= 15 is 0 Å². The Kier molecular flexibility index (Phi) is 3.28. The van der Waals surface area contributed by atoms with Gasteiger partial charge >= 0.3 is 0 Å². The van der Waals surface area contributed by atoms with Crippen molar-refractivity contribution >= 4 is 5.69 Å². The van der Waals surface area contributed by atoms with E-state index in [9.17, 15) is 13.2 Å². The average Bonchev–Trinajstić information content (AvgIpc) is 2.36. The van der Waals surface area contributed by atoms with Crippen LogP contribution in [-0.2, 0) is 6.42 Å². The number of aryl methyl sites for hydroxylation is 1. The molecular formula is C14H12F3N. The molecule has 0 heterocycles. The van der Waals surface area contributed by atoms with Crippen LogP contribution in [0.25, 0.3) is 11.1 Å². The molecule has 1 nitrogen and oxygen atoms in total. The molecule has 0 spiro atoms. The van der Waals surface area contributed by atoms with Crippen molar-refractivity contribution in [3.63, 3.8) is 0 Å². The minimum absolute atomic E-state index is 0.293. The summed E-state index contributed by atoms with van der Waals surface area (Å²) in [6.45, 7) is 1.93. The SMILES string of the molecule is CCc1cc(-c2cc(F)c(F)c(F)c2)ccc1N. The monoisotopic (exact) mass is 251 g/mol. The molecule has 94 valence electrons. The van der Waals surface area contributed by atoms with Crippen molar-refractivity contribution < 1.29 is 13.2 Å². The molecule has 0 fully saturated rings. The summed E-state index contributed by atoms with van der Waals surface area (Å²) in [5.74, 6) is -3.84.